The Balaban J connectivity index is 1.61. The second kappa shape index (κ2) is 11.0. The minimum absolute atomic E-state index is 0.224. The molecule has 2 unspecified atom stereocenters. The maximum Gasteiger partial charge on any atom is 0.0584 e. The van der Waals surface area contributed by atoms with Crippen molar-refractivity contribution in [2.45, 2.75) is 46.0 Å². The van der Waals surface area contributed by atoms with Gasteiger partial charge in [0, 0.05) is 21.9 Å². The smallest absolute Gasteiger partial charge is 0.0584 e. The SMILES string of the molecule is Cc1ccccc1-c1cc(-n2c3ccccc3c3ccc(C)c(C(C)(c4ccccc4)C(C)c4ccccc4)c32)ccc1C. The Morgan fingerprint density at radius 1 is 0.545 bits per heavy atom. The monoisotopic (exact) mass is 569 g/mol. The zero-order valence-corrected chi connectivity index (χ0v) is 26.3. The number of para-hydroxylation sites is 1. The molecule has 0 bridgehead atoms. The summed E-state index contributed by atoms with van der Waals surface area (Å²) in [5.41, 5.74) is 13.9. The third-order valence-electron chi connectivity index (χ3n) is 10.0. The molecule has 216 valence electrons. The Morgan fingerprint density at radius 3 is 1.91 bits per heavy atom. The summed E-state index contributed by atoms with van der Waals surface area (Å²) in [5.74, 6) is 0.224. The maximum absolute atomic E-state index is 2.53. The number of hydrogen-bond acceptors (Lipinski definition) is 0. The summed E-state index contributed by atoms with van der Waals surface area (Å²) in [6.45, 7) is 11.6. The van der Waals surface area contributed by atoms with Gasteiger partial charge in [0.1, 0.15) is 0 Å². The van der Waals surface area contributed by atoms with Gasteiger partial charge in [-0.1, -0.05) is 135 Å². The zero-order chi connectivity index (χ0) is 30.4. The standard InChI is InChI=1S/C43H39N/c1-29-16-12-13-21-36(29)39-28-35(26-24-30(39)2)44-40-23-15-14-22-37(40)38-27-25-31(3)41(42(38)44)43(5,34-19-10-7-11-20-34)32(4)33-17-8-6-9-18-33/h6-28,32H,1-5H3. The van der Waals surface area contributed by atoms with Crippen LogP contribution in [0.15, 0.2) is 140 Å². The van der Waals surface area contributed by atoms with Crippen molar-refractivity contribution in [3.63, 3.8) is 0 Å². The fourth-order valence-corrected chi connectivity index (χ4v) is 7.47. The average molecular weight is 570 g/mol. The Bertz CT molecular complexity index is 2120. The van der Waals surface area contributed by atoms with Gasteiger partial charge in [0.2, 0.25) is 0 Å². The second-order valence-electron chi connectivity index (χ2n) is 12.5. The van der Waals surface area contributed by atoms with E-state index in [1.54, 1.807) is 0 Å². The van der Waals surface area contributed by atoms with Crippen LogP contribution in [0, 0.1) is 20.8 Å². The van der Waals surface area contributed by atoms with Crippen LogP contribution in [0.3, 0.4) is 0 Å². The van der Waals surface area contributed by atoms with Crippen molar-refractivity contribution < 1.29 is 0 Å². The van der Waals surface area contributed by atoms with Gasteiger partial charge in [-0.2, -0.15) is 0 Å². The van der Waals surface area contributed by atoms with E-state index in [4.69, 9.17) is 0 Å². The molecule has 0 saturated carbocycles. The number of aromatic nitrogens is 1. The first-order valence-corrected chi connectivity index (χ1v) is 15.7. The van der Waals surface area contributed by atoms with E-state index in [9.17, 15) is 0 Å². The molecule has 1 heteroatoms. The molecule has 1 nitrogen and oxygen atoms in total. The highest BCUT2D eigenvalue weighted by atomic mass is 15.0. The summed E-state index contributed by atoms with van der Waals surface area (Å²) in [6, 6.07) is 51.4. The van der Waals surface area contributed by atoms with Crippen molar-refractivity contribution in [2.75, 3.05) is 0 Å². The van der Waals surface area contributed by atoms with E-state index in [1.165, 1.54) is 72.0 Å². The van der Waals surface area contributed by atoms with Crippen LogP contribution in [0.5, 0.6) is 0 Å². The fourth-order valence-electron chi connectivity index (χ4n) is 7.47. The van der Waals surface area contributed by atoms with Crippen molar-refractivity contribution in [3.8, 4) is 16.8 Å². The quantitative estimate of drug-likeness (QED) is 0.188. The molecule has 0 spiro atoms. The highest BCUT2D eigenvalue weighted by Gasteiger charge is 2.39. The first-order chi connectivity index (χ1) is 21.4. The largest absolute Gasteiger partial charge is 0.309 e. The highest BCUT2D eigenvalue weighted by molar-refractivity contribution is 6.11. The molecular weight excluding hydrogens is 530 g/mol. The molecule has 0 radical (unpaired) electrons. The third-order valence-corrected chi connectivity index (χ3v) is 10.0. The molecule has 1 aromatic heterocycles. The number of benzene rings is 6. The van der Waals surface area contributed by atoms with Crippen molar-refractivity contribution in [1.82, 2.24) is 4.57 Å². The lowest BCUT2D eigenvalue weighted by Gasteiger charge is -2.39. The molecule has 0 amide bonds. The van der Waals surface area contributed by atoms with Gasteiger partial charge in [0.25, 0.3) is 0 Å². The number of nitrogens with zero attached hydrogens (tertiary/aromatic N) is 1. The van der Waals surface area contributed by atoms with E-state index in [0.717, 1.165) is 0 Å². The van der Waals surface area contributed by atoms with Crippen LogP contribution in [0.4, 0.5) is 0 Å². The summed E-state index contributed by atoms with van der Waals surface area (Å²) in [4.78, 5) is 0. The van der Waals surface area contributed by atoms with E-state index in [-0.39, 0.29) is 11.3 Å². The lowest BCUT2D eigenvalue weighted by Crippen LogP contribution is -2.32. The molecule has 7 rings (SSSR count). The van der Waals surface area contributed by atoms with Crippen LogP contribution in [-0.2, 0) is 5.41 Å². The van der Waals surface area contributed by atoms with E-state index < -0.39 is 0 Å². The van der Waals surface area contributed by atoms with Gasteiger partial charge in [0.15, 0.2) is 0 Å². The fraction of sp³-hybridized carbons (Fsp3) is 0.163. The second-order valence-corrected chi connectivity index (χ2v) is 12.5. The number of aryl methyl sites for hydroxylation is 3. The molecule has 0 aliphatic carbocycles. The predicted octanol–water partition coefficient (Wildman–Crippen LogP) is 11.5. The zero-order valence-electron chi connectivity index (χ0n) is 26.3. The maximum atomic E-state index is 2.53. The number of hydrogen-bond donors (Lipinski definition) is 0. The van der Waals surface area contributed by atoms with Gasteiger partial charge in [-0.15, -0.1) is 0 Å². The Hall–Kier alpha value is -4.88. The van der Waals surface area contributed by atoms with Crippen molar-refractivity contribution in [1.29, 1.82) is 0 Å². The van der Waals surface area contributed by atoms with Gasteiger partial charge in [-0.3, -0.25) is 0 Å². The Labute approximate surface area is 261 Å². The van der Waals surface area contributed by atoms with Crippen molar-refractivity contribution in [3.05, 3.63) is 173 Å². The van der Waals surface area contributed by atoms with Crippen molar-refractivity contribution in [2.24, 2.45) is 0 Å². The van der Waals surface area contributed by atoms with Gasteiger partial charge in [0.05, 0.1) is 11.0 Å². The molecule has 0 N–H and O–H groups in total. The van der Waals surface area contributed by atoms with E-state index >= 15 is 0 Å². The van der Waals surface area contributed by atoms with Crippen LogP contribution < -0.4 is 0 Å². The topological polar surface area (TPSA) is 4.93 Å². The van der Waals surface area contributed by atoms with Crippen LogP contribution in [0.25, 0.3) is 38.6 Å². The first-order valence-electron chi connectivity index (χ1n) is 15.7. The normalized spacial score (nSPS) is 13.7. The molecule has 44 heavy (non-hydrogen) atoms. The summed E-state index contributed by atoms with van der Waals surface area (Å²) in [5, 5.41) is 2.58. The molecule has 1 heterocycles. The minimum atomic E-state index is -0.304. The molecular formula is C43H39N. The summed E-state index contributed by atoms with van der Waals surface area (Å²) in [6.07, 6.45) is 0. The summed E-state index contributed by atoms with van der Waals surface area (Å²) in [7, 11) is 0. The van der Waals surface area contributed by atoms with Crippen LogP contribution in [-0.4, -0.2) is 4.57 Å². The van der Waals surface area contributed by atoms with Gasteiger partial charge in [-0.25, -0.2) is 0 Å². The first kappa shape index (κ1) is 27.9. The predicted molar refractivity (Wildman–Crippen MR) is 188 cm³/mol. The van der Waals surface area contributed by atoms with Gasteiger partial charge in [-0.05, 0) is 89.4 Å². The van der Waals surface area contributed by atoms with Crippen LogP contribution in [0.2, 0.25) is 0 Å². The van der Waals surface area contributed by atoms with Crippen molar-refractivity contribution >= 4 is 21.8 Å². The molecule has 0 saturated heterocycles. The third kappa shape index (κ3) is 4.38. The number of rotatable bonds is 6. The molecule has 6 aromatic carbocycles. The minimum Gasteiger partial charge on any atom is -0.309 e. The van der Waals surface area contributed by atoms with Crippen LogP contribution >= 0.6 is 0 Å². The Kier molecular flexibility index (Phi) is 6.98. The lowest BCUT2D eigenvalue weighted by atomic mass is 9.64. The van der Waals surface area contributed by atoms with E-state index in [1.807, 2.05) is 0 Å². The molecule has 7 aromatic rings. The number of fused-ring (bicyclic) bond motifs is 3. The Morgan fingerprint density at radius 2 is 1.16 bits per heavy atom. The highest BCUT2D eigenvalue weighted by Crippen LogP contribution is 2.50. The van der Waals surface area contributed by atoms with Gasteiger partial charge >= 0.3 is 0 Å². The summed E-state index contributed by atoms with van der Waals surface area (Å²) < 4.78 is 2.53. The molecule has 2 atom stereocenters. The van der Waals surface area contributed by atoms with E-state index in [0.29, 0.717) is 0 Å². The molecule has 0 aliphatic heterocycles. The van der Waals surface area contributed by atoms with Gasteiger partial charge < -0.3 is 4.57 Å². The molecule has 0 fully saturated rings. The lowest BCUT2D eigenvalue weighted by molar-refractivity contribution is 0.474. The molecule has 0 aliphatic rings. The van der Waals surface area contributed by atoms with Crippen LogP contribution in [0.1, 0.15) is 53.1 Å². The average Bonchev–Trinajstić information content (AvgIpc) is 3.39. The summed E-state index contributed by atoms with van der Waals surface area (Å²) >= 11 is 0. The van der Waals surface area contributed by atoms with E-state index in [2.05, 4.69) is 179 Å².